The predicted molar refractivity (Wildman–Crippen MR) is 94.2 cm³/mol. The van der Waals surface area contributed by atoms with Crippen LogP contribution in [0.15, 0.2) is 39.3 Å². The van der Waals surface area contributed by atoms with Crippen molar-refractivity contribution in [2.24, 2.45) is 15.5 Å². The van der Waals surface area contributed by atoms with Gasteiger partial charge in [-0.05, 0) is 56.3 Å². The van der Waals surface area contributed by atoms with Gasteiger partial charge in [0.2, 0.25) is 5.96 Å². The van der Waals surface area contributed by atoms with Gasteiger partial charge in [0.1, 0.15) is 0 Å². The molecule has 0 saturated heterocycles. The van der Waals surface area contributed by atoms with Gasteiger partial charge in [0.05, 0.1) is 6.54 Å². The Balaban J connectivity index is 1.64. The quantitative estimate of drug-likeness (QED) is 0.523. The maximum absolute atomic E-state index is 4.62. The predicted octanol–water partition coefficient (Wildman–Crippen LogP) is 3.83. The number of nitrogens with one attached hydrogen (secondary N) is 1. The fraction of sp³-hybridized carbons (Fsp3) is 0.529. The van der Waals surface area contributed by atoms with E-state index in [0.717, 1.165) is 19.0 Å². The summed E-state index contributed by atoms with van der Waals surface area (Å²) in [5, 5.41) is 6.66. The monoisotopic (exact) mass is 316 g/mol. The lowest BCUT2D eigenvalue weighted by Crippen LogP contribution is -2.37. The maximum atomic E-state index is 4.62. The number of hydrazone groups is 1. The molecule has 3 rings (SSSR count). The van der Waals surface area contributed by atoms with Crippen molar-refractivity contribution in [1.29, 1.82) is 0 Å². The van der Waals surface area contributed by atoms with Crippen LogP contribution in [0.4, 0.5) is 0 Å². The van der Waals surface area contributed by atoms with Gasteiger partial charge in [-0.15, -0.1) is 0 Å². The van der Waals surface area contributed by atoms with E-state index in [1.54, 1.807) is 11.9 Å². The van der Waals surface area contributed by atoms with E-state index >= 15 is 0 Å². The Morgan fingerprint density at radius 2 is 2.23 bits per heavy atom. The van der Waals surface area contributed by atoms with Gasteiger partial charge in [-0.25, -0.2) is 5.01 Å². The largest absolute Gasteiger partial charge is 0.295 e. The highest BCUT2D eigenvalue weighted by atomic mass is 32.2. The topological polar surface area (TPSA) is 40.0 Å². The van der Waals surface area contributed by atoms with Crippen molar-refractivity contribution in [3.05, 3.63) is 29.8 Å². The van der Waals surface area contributed by atoms with Crippen molar-refractivity contribution in [3.8, 4) is 0 Å². The molecule has 0 unspecified atom stereocenters. The van der Waals surface area contributed by atoms with Gasteiger partial charge < -0.3 is 0 Å². The fourth-order valence-corrected chi connectivity index (χ4v) is 3.94. The van der Waals surface area contributed by atoms with Gasteiger partial charge in [0, 0.05) is 23.1 Å². The van der Waals surface area contributed by atoms with Crippen LogP contribution in [0.25, 0.3) is 0 Å². The lowest BCUT2D eigenvalue weighted by atomic mass is 9.88. The number of guanidine groups is 1. The normalized spacial score (nSPS) is 20.1. The number of rotatable bonds is 3. The Morgan fingerprint density at radius 1 is 1.41 bits per heavy atom. The summed E-state index contributed by atoms with van der Waals surface area (Å²) in [7, 11) is 0. The van der Waals surface area contributed by atoms with Crippen molar-refractivity contribution in [2.75, 3.05) is 13.1 Å². The second-order valence-electron chi connectivity index (χ2n) is 6.19. The zero-order valence-corrected chi connectivity index (χ0v) is 14.2. The smallest absolute Gasteiger partial charge is 0.225 e. The Kier molecular flexibility index (Phi) is 4.71. The molecule has 0 aromatic heterocycles. The highest BCUT2D eigenvalue weighted by Crippen LogP contribution is 2.40. The number of benzene rings is 1. The van der Waals surface area contributed by atoms with E-state index in [2.05, 4.69) is 59.1 Å². The number of aryl methyl sites for hydroxylation is 1. The molecule has 1 N–H and O–H groups in total. The van der Waals surface area contributed by atoms with E-state index in [-0.39, 0.29) is 0 Å². The zero-order valence-electron chi connectivity index (χ0n) is 13.4. The van der Waals surface area contributed by atoms with Crippen molar-refractivity contribution >= 4 is 24.1 Å². The lowest BCUT2D eigenvalue weighted by Gasteiger charge is -2.23. The van der Waals surface area contributed by atoms with Gasteiger partial charge in [-0.1, -0.05) is 25.0 Å². The van der Waals surface area contributed by atoms with Crippen LogP contribution in [0.1, 0.15) is 38.2 Å². The molecule has 1 spiro atoms. The average molecular weight is 316 g/mol. The summed E-state index contributed by atoms with van der Waals surface area (Å²) >= 11 is 1.60. The molecule has 1 aromatic carbocycles. The van der Waals surface area contributed by atoms with Gasteiger partial charge in [0.25, 0.3) is 0 Å². The van der Waals surface area contributed by atoms with Crippen LogP contribution in [-0.2, 0) is 0 Å². The fourth-order valence-electron chi connectivity index (χ4n) is 3.17. The molecule has 1 heterocycles. The van der Waals surface area contributed by atoms with Crippen LogP contribution in [-0.4, -0.2) is 30.3 Å². The number of hydrogen-bond donors (Lipinski definition) is 1. The molecule has 1 aliphatic carbocycles. The Bertz CT molecular complexity index is 576. The zero-order chi connectivity index (χ0) is 15.4. The summed E-state index contributed by atoms with van der Waals surface area (Å²) in [5.41, 5.74) is 1.56. The molecule has 118 valence electrons. The first-order valence-corrected chi connectivity index (χ1v) is 8.89. The number of nitrogens with zero attached hydrogens (tertiary/aromatic N) is 3. The molecule has 22 heavy (non-hydrogen) atoms. The van der Waals surface area contributed by atoms with E-state index in [9.17, 15) is 0 Å². The molecule has 0 atom stereocenters. The highest BCUT2D eigenvalue weighted by molar-refractivity contribution is 7.98. The summed E-state index contributed by atoms with van der Waals surface area (Å²) < 4.78 is 3.39. The van der Waals surface area contributed by atoms with E-state index in [1.807, 2.05) is 5.01 Å². The summed E-state index contributed by atoms with van der Waals surface area (Å²) in [6.45, 7) is 5.90. The highest BCUT2D eigenvalue weighted by Gasteiger charge is 2.39. The molecular formula is C17H24N4S. The van der Waals surface area contributed by atoms with Gasteiger partial charge in [-0.2, -0.15) is 5.10 Å². The van der Waals surface area contributed by atoms with E-state index in [0.29, 0.717) is 5.41 Å². The second-order valence-corrected chi connectivity index (χ2v) is 7.07. The first kappa shape index (κ1) is 15.4. The van der Waals surface area contributed by atoms with Gasteiger partial charge in [0.15, 0.2) is 0 Å². The molecule has 0 radical (unpaired) electrons. The lowest BCUT2D eigenvalue weighted by molar-refractivity contribution is 0.342. The molecule has 2 aliphatic rings. The maximum Gasteiger partial charge on any atom is 0.225 e. The summed E-state index contributed by atoms with van der Waals surface area (Å²) in [5.74, 6) is 0.869. The third kappa shape index (κ3) is 3.46. The van der Waals surface area contributed by atoms with Crippen LogP contribution in [0.2, 0.25) is 0 Å². The minimum atomic E-state index is 0.296. The summed E-state index contributed by atoms with van der Waals surface area (Å²) in [4.78, 5) is 5.79. The first-order valence-electron chi connectivity index (χ1n) is 8.07. The number of aliphatic imine (C=N–C) groups is 1. The SMILES string of the molecule is CCN=C(NSc1cccc(C)c1)N1CC2(C=N1)CCCC2. The molecule has 0 bridgehead atoms. The standard InChI is InChI=1S/C17H24N4S/c1-3-18-16(20-22-15-8-6-7-14(2)11-15)21-13-17(12-19-21)9-4-5-10-17/h6-8,11-12H,3-5,9-10,13H2,1-2H3,(H,18,20). The van der Waals surface area contributed by atoms with Crippen LogP contribution in [0, 0.1) is 12.3 Å². The molecule has 1 saturated carbocycles. The first-order chi connectivity index (χ1) is 10.7. The molecule has 4 nitrogen and oxygen atoms in total. The minimum Gasteiger partial charge on any atom is -0.295 e. The third-order valence-corrected chi connectivity index (χ3v) is 5.11. The summed E-state index contributed by atoms with van der Waals surface area (Å²) in [6, 6.07) is 8.48. The average Bonchev–Trinajstić information content (AvgIpc) is 3.14. The van der Waals surface area contributed by atoms with Crippen LogP contribution in [0.5, 0.6) is 0 Å². The van der Waals surface area contributed by atoms with E-state index in [4.69, 9.17) is 0 Å². The van der Waals surface area contributed by atoms with Crippen molar-refractivity contribution in [1.82, 2.24) is 9.73 Å². The molecule has 1 fully saturated rings. The molecule has 5 heteroatoms. The van der Waals surface area contributed by atoms with Crippen molar-refractivity contribution in [3.63, 3.8) is 0 Å². The molecule has 0 amide bonds. The Labute approximate surface area is 137 Å². The summed E-state index contributed by atoms with van der Waals surface area (Å²) in [6.07, 6.45) is 7.33. The second kappa shape index (κ2) is 6.73. The van der Waals surface area contributed by atoms with Gasteiger partial charge in [-0.3, -0.25) is 9.71 Å². The van der Waals surface area contributed by atoms with Crippen LogP contribution >= 0.6 is 11.9 Å². The molecular weight excluding hydrogens is 292 g/mol. The van der Waals surface area contributed by atoms with Crippen molar-refractivity contribution < 1.29 is 0 Å². The van der Waals surface area contributed by atoms with Crippen LogP contribution < -0.4 is 4.72 Å². The van der Waals surface area contributed by atoms with Crippen molar-refractivity contribution in [2.45, 2.75) is 44.4 Å². The minimum absolute atomic E-state index is 0.296. The Morgan fingerprint density at radius 3 is 2.95 bits per heavy atom. The molecule has 1 aliphatic heterocycles. The van der Waals surface area contributed by atoms with E-state index < -0.39 is 0 Å². The third-order valence-electron chi connectivity index (χ3n) is 4.34. The molecule has 1 aromatic rings. The Hall–Kier alpha value is -1.49. The van der Waals surface area contributed by atoms with Gasteiger partial charge >= 0.3 is 0 Å². The number of hydrogen-bond acceptors (Lipinski definition) is 3. The van der Waals surface area contributed by atoms with E-state index in [1.165, 1.54) is 36.1 Å². The van der Waals surface area contributed by atoms with Crippen LogP contribution in [0.3, 0.4) is 0 Å².